The Hall–Kier alpha value is -2.43. The second kappa shape index (κ2) is 7.22. The van der Waals surface area contributed by atoms with E-state index >= 15 is 0 Å². The summed E-state index contributed by atoms with van der Waals surface area (Å²) in [6.45, 7) is 4.10. The van der Waals surface area contributed by atoms with E-state index in [0.717, 1.165) is 25.2 Å². The lowest BCUT2D eigenvalue weighted by atomic mass is 10.1. The Morgan fingerprint density at radius 2 is 1.74 bits per heavy atom. The monoisotopic (exact) mass is 310 g/mol. The van der Waals surface area contributed by atoms with Crippen LogP contribution in [0.3, 0.4) is 0 Å². The zero-order valence-corrected chi connectivity index (χ0v) is 13.5. The second-order valence-corrected chi connectivity index (χ2v) is 5.82. The number of piperidine rings is 1. The second-order valence-electron chi connectivity index (χ2n) is 5.82. The minimum atomic E-state index is -0.181. The lowest BCUT2D eigenvalue weighted by molar-refractivity contribution is 0.102. The minimum Gasteiger partial charge on any atom is -0.341 e. The van der Waals surface area contributed by atoms with Gasteiger partial charge in [0.2, 0.25) is 5.95 Å². The van der Waals surface area contributed by atoms with Gasteiger partial charge in [0.15, 0.2) is 0 Å². The van der Waals surface area contributed by atoms with E-state index in [1.165, 1.54) is 24.8 Å². The molecule has 1 aromatic heterocycles. The van der Waals surface area contributed by atoms with E-state index in [0.29, 0.717) is 11.5 Å². The average molecular weight is 310 g/mol. The molecule has 0 saturated carbocycles. The molecule has 3 rings (SSSR count). The average Bonchev–Trinajstić information content (AvgIpc) is 2.63. The van der Waals surface area contributed by atoms with Crippen LogP contribution in [0.5, 0.6) is 0 Å². The molecule has 5 nitrogen and oxygen atoms in total. The number of benzene rings is 1. The molecule has 1 aliphatic rings. The highest BCUT2D eigenvalue weighted by Gasteiger charge is 2.14. The van der Waals surface area contributed by atoms with Crippen molar-refractivity contribution < 1.29 is 4.79 Å². The van der Waals surface area contributed by atoms with Crippen LogP contribution < -0.4 is 10.2 Å². The first-order chi connectivity index (χ1) is 11.3. The van der Waals surface area contributed by atoms with E-state index < -0.39 is 0 Å². The molecule has 2 aromatic rings. The maximum atomic E-state index is 12.3. The number of hydrogen-bond acceptors (Lipinski definition) is 4. The molecule has 0 atom stereocenters. The first-order valence-corrected chi connectivity index (χ1v) is 8.23. The summed E-state index contributed by atoms with van der Waals surface area (Å²) in [4.78, 5) is 23.1. The van der Waals surface area contributed by atoms with E-state index in [1.807, 2.05) is 24.3 Å². The highest BCUT2D eigenvalue weighted by atomic mass is 16.1. The molecule has 1 aromatic carbocycles. The molecule has 1 fully saturated rings. The predicted molar refractivity (Wildman–Crippen MR) is 91.9 cm³/mol. The molecule has 1 aliphatic heterocycles. The number of carbonyl (C=O) groups excluding carboxylic acids is 1. The number of anilines is 2. The van der Waals surface area contributed by atoms with E-state index in [2.05, 4.69) is 27.1 Å². The Morgan fingerprint density at radius 3 is 2.35 bits per heavy atom. The van der Waals surface area contributed by atoms with Crippen LogP contribution in [0.25, 0.3) is 0 Å². The highest BCUT2D eigenvalue weighted by Crippen LogP contribution is 2.16. The summed E-state index contributed by atoms with van der Waals surface area (Å²) in [7, 11) is 0. The maximum Gasteiger partial charge on any atom is 0.258 e. The van der Waals surface area contributed by atoms with Crippen LogP contribution in [0.1, 0.15) is 42.1 Å². The summed E-state index contributed by atoms with van der Waals surface area (Å²) in [6, 6.07) is 7.87. The first-order valence-electron chi connectivity index (χ1n) is 8.23. The molecule has 120 valence electrons. The van der Waals surface area contributed by atoms with Crippen molar-refractivity contribution in [2.75, 3.05) is 23.3 Å². The van der Waals surface area contributed by atoms with Crippen LogP contribution in [0.15, 0.2) is 36.7 Å². The molecule has 0 bridgehead atoms. The first kappa shape index (κ1) is 15.5. The van der Waals surface area contributed by atoms with Gasteiger partial charge in [-0.25, -0.2) is 9.97 Å². The molecular weight excluding hydrogens is 288 g/mol. The number of nitrogens with zero attached hydrogens (tertiary/aromatic N) is 3. The van der Waals surface area contributed by atoms with Crippen LogP contribution in [0, 0.1) is 0 Å². The van der Waals surface area contributed by atoms with Gasteiger partial charge in [-0.2, -0.15) is 0 Å². The summed E-state index contributed by atoms with van der Waals surface area (Å²) in [5.41, 5.74) is 2.51. The van der Waals surface area contributed by atoms with Crippen LogP contribution in [-0.4, -0.2) is 29.0 Å². The number of aromatic nitrogens is 2. The quantitative estimate of drug-likeness (QED) is 0.941. The van der Waals surface area contributed by atoms with Gasteiger partial charge in [-0.15, -0.1) is 0 Å². The number of rotatable bonds is 4. The molecule has 0 radical (unpaired) electrons. The van der Waals surface area contributed by atoms with Crippen LogP contribution >= 0.6 is 0 Å². The van der Waals surface area contributed by atoms with Crippen molar-refractivity contribution in [1.29, 1.82) is 0 Å². The smallest absolute Gasteiger partial charge is 0.258 e. The van der Waals surface area contributed by atoms with Gasteiger partial charge in [0.05, 0.1) is 5.56 Å². The van der Waals surface area contributed by atoms with Gasteiger partial charge in [-0.1, -0.05) is 19.1 Å². The van der Waals surface area contributed by atoms with Gasteiger partial charge in [-0.3, -0.25) is 4.79 Å². The number of hydrogen-bond donors (Lipinski definition) is 1. The number of carbonyl (C=O) groups is 1. The molecule has 0 unspecified atom stereocenters. The number of nitrogens with one attached hydrogen (secondary N) is 1. The molecule has 1 N–H and O–H groups in total. The van der Waals surface area contributed by atoms with Crippen molar-refractivity contribution in [1.82, 2.24) is 9.97 Å². The number of aryl methyl sites for hydroxylation is 1. The normalized spacial score (nSPS) is 14.6. The Bertz CT molecular complexity index is 646. The minimum absolute atomic E-state index is 0.181. The van der Waals surface area contributed by atoms with E-state index in [1.54, 1.807) is 12.4 Å². The summed E-state index contributed by atoms with van der Waals surface area (Å²) < 4.78 is 0. The zero-order valence-electron chi connectivity index (χ0n) is 13.5. The van der Waals surface area contributed by atoms with Crippen LogP contribution in [-0.2, 0) is 6.42 Å². The lowest BCUT2D eigenvalue weighted by Gasteiger charge is -2.26. The summed E-state index contributed by atoms with van der Waals surface area (Å²) in [5, 5.41) is 2.88. The molecule has 1 amide bonds. The van der Waals surface area contributed by atoms with E-state index in [-0.39, 0.29) is 5.91 Å². The lowest BCUT2D eigenvalue weighted by Crippen LogP contribution is -2.31. The van der Waals surface area contributed by atoms with Gasteiger partial charge in [0.1, 0.15) is 0 Å². The van der Waals surface area contributed by atoms with Gasteiger partial charge >= 0.3 is 0 Å². The molecular formula is C18H22N4O. The molecule has 2 heterocycles. The fourth-order valence-corrected chi connectivity index (χ4v) is 2.72. The number of amides is 1. The third kappa shape index (κ3) is 3.86. The third-order valence-electron chi connectivity index (χ3n) is 4.16. The van der Waals surface area contributed by atoms with Crippen molar-refractivity contribution in [3.05, 3.63) is 47.8 Å². The molecule has 0 aliphatic carbocycles. The third-order valence-corrected chi connectivity index (χ3v) is 4.16. The van der Waals surface area contributed by atoms with Gasteiger partial charge in [0.25, 0.3) is 5.91 Å². The van der Waals surface area contributed by atoms with Crippen LogP contribution in [0.2, 0.25) is 0 Å². The highest BCUT2D eigenvalue weighted by molar-refractivity contribution is 6.03. The molecule has 1 saturated heterocycles. The van der Waals surface area contributed by atoms with Crippen molar-refractivity contribution in [3.63, 3.8) is 0 Å². The Balaban J connectivity index is 1.64. The fraction of sp³-hybridized carbons (Fsp3) is 0.389. The summed E-state index contributed by atoms with van der Waals surface area (Å²) >= 11 is 0. The van der Waals surface area contributed by atoms with Crippen molar-refractivity contribution in [2.24, 2.45) is 0 Å². The standard InChI is InChI=1S/C18H22N4O/c1-2-14-6-8-16(9-7-14)21-17(23)15-12-19-18(20-13-15)22-10-4-3-5-11-22/h6-9,12-13H,2-5,10-11H2,1H3,(H,21,23). The molecule has 0 spiro atoms. The largest absolute Gasteiger partial charge is 0.341 e. The SMILES string of the molecule is CCc1ccc(NC(=O)c2cnc(N3CCCCC3)nc2)cc1. The summed E-state index contributed by atoms with van der Waals surface area (Å²) in [6.07, 6.45) is 7.83. The van der Waals surface area contributed by atoms with Crippen LogP contribution in [0.4, 0.5) is 11.6 Å². The van der Waals surface area contributed by atoms with Crippen molar-refractivity contribution in [3.8, 4) is 0 Å². The molecule has 23 heavy (non-hydrogen) atoms. The maximum absolute atomic E-state index is 12.3. The zero-order chi connectivity index (χ0) is 16.1. The summed E-state index contributed by atoms with van der Waals surface area (Å²) in [5.74, 6) is 0.535. The van der Waals surface area contributed by atoms with E-state index in [9.17, 15) is 4.79 Å². The topological polar surface area (TPSA) is 58.1 Å². The Morgan fingerprint density at radius 1 is 1.09 bits per heavy atom. The van der Waals surface area contributed by atoms with Crippen molar-refractivity contribution in [2.45, 2.75) is 32.6 Å². The van der Waals surface area contributed by atoms with Gasteiger partial charge < -0.3 is 10.2 Å². The Labute approximate surface area is 136 Å². The molecule has 5 heteroatoms. The Kier molecular flexibility index (Phi) is 4.86. The van der Waals surface area contributed by atoms with Crippen molar-refractivity contribution >= 4 is 17.5 Å². The fourth-order valence-electron chi connectivity index (χ4n) is 2.72. The van der Waals surface area contributed by atoms with E-state index in [4.69, 9.17) is 0 Å². The van der Waals surface area contributed by atoms with Gasteiger partial charge in [-0.05, 0) is 43.4 Å². The van der Waals surface area contributed by atoms with Gasteiger partial charge in [0, 0.05) is 31.2 Å². The predicted octanol–water partition coefficient (Wildman–Crippen LogP) is 3.28.